The predicted molar refractivity (Wildman–Crippen MR) is 78.3 cm³/mol. The second-order valence-electron chi connectivity index (χ2n) is 4.01. The highest BCUT2D eigenvalue weighted by Gasteiger charge is 2.08. The zero-order valence-electron chi connectivity index (χ0n) is 9.86. The molecule has 0 fully saturated rings. The SMILES string of the molecule is CC(N)c1ccc(Oc2ccccc2Br)c(Cl)c1. The zero-order valence-corrected chi connectivity index (χ0v) is 12.2. The predicted octanol–water partition coefficient (Wildman–Crippen LogP) is 4.91. The van der Waals surface area contributed by atoms with E-state index in [-0.39, 0.29) is 6.04 Å². The maximum absolute atomic E-state index is 6.18. The van der Waals surface area contributed by atoms with Gasteiger partial charge in [0.2, 0.25) is 0 Å². The van der Waals surface area contributed by atoms with Gasteiger partial charge in [-0.05, 0) is 52.7 Å². The Morgan fingerprint density at radius 3 is 2.50 bits per heavy atom. The summed E-state index contributed by atoms with van der Waals surface area (Å²) in [7, 11) is 0. The lowest BCUT2D eigenvalue weighted by Crippen LogP contribution is -2.04. The van der Waals surface area contributed by atoms with E-state index in [1.807, 2.05) is 49.4 Å². The van der Waals surface area contributed by atoms with Crippen LogP contribution >= 0.6 is 27.5 Å². The monoisotopic (exact) mass is 325 g/mol. The van der Waals surface area contributed by atoms with Crippen molar-refractivity contribution in [2.24, 2.45) is 5.73 Å². The number of hydrogen-bond acceptors (Lipinski definition) is 2. The molecule has 2 nitrogen and oxygen atoms in total. The lowest BCUT2D eigenvalue weighted by atomic mass is 10.1. The highest BCUT2D eigenvalue weighted by Crippen LogP contribution is 2.34. The quantitative estimate of drug-likeness (QED) is 0.869. The summed E-state index contributed by atoms with van der Waals surface area (Å²) < 4.78 is 6.64. The van der Waals surface area contributed by atoms with Crippen molar-refractivity contribution in [2.75, 3.05) is 0 Å². The maximum atomic E-state index is 6.18. The fourth-order valence-corrected chi connectivity index (χ4v) is 2.12. The first-order chi connectivity index (χ1) is 8.58. The van der Waals surface area contributed by atoms with Gasteiger partial charge in [-0.15, -0.1) is 0 Å². The molecule has 94 valence electrons. The normalized spacial score (nSPS) is 12.2. The number of halogens is 2. The van der Waals surface area contributed by atoms with Crippen LogP contribution in [0.2, 0.25) is 5.02 Å². The second kappa shape index (κ2) is 5.74. The van der Waals surface area contributed by atoms with Gasteiger partial charge in [0.1, 0.15) is 11.5 Å². The summed E-state index contributed by atoms with van der Waals surface area (Å²) in [4.78, 5) is 0. The summed E-state index contributed by atoms with van der Waals surface area (Å²) in [5, 5.41) is 0.556. The van der Waals surface area contributed by atoms with Gasteiger partial charge < -0.3 is 10.5 Å². The Balaban J connectivity index is 2.28. The van der Waals surface area contributed by atoms with Gasteiger partial charge in [0.15, 0.2) is 0 Å². The van der Waals surface area contributed by atoms with Gasteiger partial charge in [-0.3, -0.25) is 0 Å². The molecule has 2 N–H and O–H groups in total. The van der Waals surface area contributed by atoms with Crippen LogP contribution in [0, 0.1) is 0 Å². The number of benzene rings is 2. The number of ether oxygens (including phenoxy) is 1. The van der Waals surface area contributed by atoms with Gasteiger partial charge in [0, 0.05) is 6.04 Å². The summed E-state index contributed by atoms with van der Waals surface area (Å²) >= 11 is 9.61. The molecule has 18 heavy (non-hydrogen) atoms. The maximum Gasteiger partial charge on any atom is 0.146 e. The Hall–Kier alpha value is -1.03. The van der Waals surface area contributed by atoms with E-state index in [0.29, 0.717) is 10.8 Å². The molecule has 0 saturated heterocycles. The largest absolute Gasteiger partial charge is 0.455 e. The van der Waals surface area contributed by atoms with Gasteiger partial charge in [-0.2, -0.15) is 0 Å². The van der Waals surface area contributed by atoms with Crippen molar-refractivity contribution in [2.45, 2.75) is 13.0 Å². The first-order valence-corrected chi connectivity index (χ1v) is 6.72. The van der Waals surface area contributed by atoms with Crippen LogP contribution in [-0.4, -0.2) is 0 Å². The van der Waals surface area contributed by atoms with Crippen molar-refractivity contribution in [3.8, 4) is 11.5 Å². The van der Waals surface area contributed by atoms with Crippen LogP contribution in [0.25, 0.3) is 0 Å². The van der Waals surface area contributed by atoms with Crippen LogP contribution < -0.4 is 10.5 Å². The number of rotatable bonds is 3. The van der Waals surface area contributed by atoms with Crippen molar-refractivity contribution in [3.05, 3.63) is 57.5 Å². The van der Waals surface area contributed by atoms with E-state index >= 15 is 0 Å². The van der Waals surface area contributed by atoms with Crippen LogP contribution in [0.3, 0.4) is 0 Å². The summed E-state index contributed by atoms with van der Waals surface area (Å²) in [6, 6.07) is 13.2. The Labute approximate surface area is 120 Å². The molecule has 4 heteroatoms. The molecule has 0 aliphatic carbocycles. The Bertz CT molecular complexity index is 557. The van der Waals surface area contributed by atoms with Crippen LogP contribution in [-0.2, 0) is 0 Å². The van der Waals surface area contributed by atoms with Gasteiger partial charge in [0.05, 0.1) is 9.50 Å². The molecular formula is C14H13BrClNO. The standard InChI is InChI=1S/C14H13BrClNO/c1-9(17)10-6-7-14(12(16)8-10)18-13-5-3-2-4-11(13)15/h2-9H,17H2,1H3. The third-order valence-electron chi connectivity index (χ3n) is 2.54. The smallest absolute Gasteiger partial charge is 0.146 e. The van der Waals surface area contributed by atoms with Crippen molar-refractivity contribution in [1.29, 1.82) is 0 Å². The van der Waals surface area contributed by atoms with E-state index in [1.54, 1.807) is 0 Å². The fourth-order valence-electron chi connectivity index (χ4n) is 1.53. The summed E-state index contributed by atoms with van der Waals surface area (Å²) in [5.41, 5.74) is 6.79. The van der Waals surface area contributed by atoms with Crippen LogP contribution in [0.4, 0.5) is 0 Å². The van der Waals surface area contributed by atoms with Crippen LogP contribution in [0.1, 0.15) is 18.5 Å². The number of nitrogens with two attached hydrogens (primary N) is 1. The van der Waals surface area contributed by atoms with Crippen molar-refractivity contribution < 1.29 is 4.74 Å². The van der Waals surface area contributed by atoms with E-state index in [2.05, 4.69) is 15.9 Å². The molecule has 0 radical (unpaired) electrons. The highest BCUT2D eigenvalue weighted by molar-refractivity contribution is 9.10. The molecule has 2 aromatic carbocycles. The lowest BCUT2D eigenvalue weighted by Gasteiger charge is -2.11. The summed E-state index contributed by atoms with van der Waals surface area (Å²) in [6.07, 6.45) is 0. The van der Waals surface area contributed by atoms with Crippen LogP contribution in [0.5, 0.6) is 11.5 Å². The molecule has 0 heterocycles. The van der Waals surface area contributed by atoms with Crippen molar-refractivity contribution in [3.63, 3.8) is 0 Å². The molecule has 0 spiro atoms. The second-order valence-corrected chi connectivity index (χ2v) is 5.27. The Morgan fingerprint density at radius 1 is 1.17 bits per heavy atom. The summed E-state index contributed by atoms with van der Waals surface area (Å²) in [6.45, 7) is 1.92. The molecule has 0 aliphatic heterocycles. The van der Waals surface area contributed by atoms with E-state index in [4.69, 9.17) is 22.1 Å². The topological polar surface area (TPSA) is 35.2 Å². The third-order valence-corrected chi connectivity index (χ3v) is 3.49. The molecule has 0 aromatic heterocycles. The minimum Gasteiger partial charge on any atom is -0.455 e. The van der Waals surface area contributed by atoms with Gasteiger partial charge in [-0.1, -0.05) is 29.8 Å². The molecule has 2 aromatic rings. The molecule has 0 bridgehead atoms. The van der Waals surface area contributed by atoms with Crippen LogP contribution in [0.15, 0.2) is 46.9 Å². The van der Waals surface area contributed by atoms with Crippen molar-refractivity contribution in [1.82, 2.24) is 0 Å². The van der Waals surface area contributed by atoms with Gasteiger partial charge >= 0.3 is 0 Å². The first-order valence-electron chi connectivity index (χ1n) is 5.55. The third kappa shape index (κ3) is 3.05. The number of para-hydroxylation sites is 1. The zero-order chi connectivity index (χ0) is 13.1. The number of hydrogen-bond donors (Lipinski definition) is 1. The minimum absolute atomic E-state index is 0.0417. The van der Waals surface area contributed by atoms with E-state index < -0.39 is 0 Å². The van der Waals surface area contributed by atoms with E-state index in [0.717, 1.165) is 15.8 Å². The van der Waals surface area contributed by atoms with Gasteiger partial charge in [0.25, 0.3) is 0 Å². The van der Waals surface area contributed by atoms with Crippen molar-refractivity contribution >= 4 is 27.5 Å². The van der Waals surface area contributed by atoms with E-state index in [9.17, 15) is 0 Å². The highest BCUT2D eigenvalue weighted by atomic mass is 79.9. The molecule has 1 atom stereocenters. The minimum atomic E-state index is -0.0417. The van der Waals surface area contributed by atoms with Gasteiger partial charge in [-0.25, -0.2) is 0 Å². The lowest BCUT2D eigenvalue weighted by molar-refractivity contribution is 0.479. The molecule has 0 amide bonds. The molecule has 1 unspecified atom stereocenters. The summed E-state index contributed by atoms with van der Waals surface area (Å²) in [5.74, 6) is 1.35. The Morgan fingerprint density at radius 2 is 1.89 bits per heavy atom. The first kappa shape index (κ1) is 13.4. The molecular weight excluding hydrogens is 314 g/mol. The Kier molecular flexibility index (Phi) is 4.27. The average molecular weight is 327 g/mol. The molecule has 2 rings (SSSR count). The molecule has 0 saturated carbocycles. The fraction of sp³-hybridized carbons (Fsp3) is 0.143. The average Bonchev–Trinajstić information content (AvgIpc) is 2.34. The van der Waals surface area contributed by atoms with E-state index in [1.165, 1.54) is 0 Å². The molecule has 0 aliphatic rings.